The van der Waals surface area contributed by atoms with Crippen LogP contribution in [0.2, 0.25) is 0 Å². The van der Waals surface area contributed by atoms with E-state index in [4.69, 9.17) is 4.74 Å². The summed E-state index contributed by atoms with van der Waals surface area (Å²) < 4.78 is 21.2. The van der Waals surface area contributed by atoms with Crippen LogP contribution in [0.5, 0.6) is 5.75 Å². The van der Waals surface area contributed by atoms with Crippen molar-refractivity contribution >= 4 is 0 Å². The summed E-state index contributed by atoms with van der Waals surface area (Å²) in [5, 5.41) is 0. The van der Waals surface area contributed by atoms with Crippen LogP contribution in [-0.4, -0.2) is 34.1 Å². The summed E-state index contributed by atoms with van der Waals surface area (Å²) in [6.07, 6.45) is 0. The van der Waals surface area contributed by atoms with E-state index in [-0.39, 0.29) is 5.82 Å². The number of halogens is 1. The zero-order chi connectivity index (χ0) is 14.8. The molecule has 0 fully saturated rings. The van der Waals surface area contributed by atoms with Crippen molar-refractivity contribution in [2.75, 3.05) is 19.7 Å². The Kier molecular flexibility index (Phi) is 3.92. The minimum absolute atomic E-state index is 0.307. The Bertz CT molecular complexity index is 638. The lowest BCUT2D eigenvalue weighted by Gasteiger charge is -2.28. The number of para-hydroxylation sites is 1. The number of fused-ring (bicyclic) bond motifs is 1. The maximum Gasteiger partial charge on any atom is 0.165 e. The zero-order valence-electron chi connectivity index (χ0n) is 12.5. The van der Waals surface area contributed by atoms with E-state index in [0.29, 0.717) is 12.4 Å². The number of imidazole rings is 1. The summed E-state index contributed by atoms with van der Waals surface area (Å²) in [5.41, 5.74) is 2.36. The summed E-state index contributed by atoms with van der Waals surface area (Å²) in [7, 11) is 0. The maximum absolute atomic E-state index is 13.4. The standard InChI is InChI=1S/C16H20FN3O/c1-12-13(2)20-8-7-19(11-16(20)18-12)9-10-21-15-6-4-3-5-14(15)17/h3-6H,7-11H2,1-2H3. The predicted octanol–water partition coefficient (Wildman–Crippen LogP) is 2.53. The van der Waals surface area contributed by atoms with E-state index in [1.54, 1.807) is 18.2 Å². The first kappa shape index (κ1) is 14.1. The molecular weight excluding hydrogens is 269 g/mol. The van der Waals surface area contributed by atoms with Crippen molar-refractivity contribution in [1.82, 2.24) is 14.5 Å². The summed E-state index contributed by atoms with van der Waals surface area (Å²) in [6.45, 7) is 8.19. The van der Waals surface area contributed by atoms with Gasteiger partial charge in [0, 0.05) is 25.3 Å². The lowest BCUT2D eigenvalue weighted by atomic mass is 10.3. The number of aryl methyl sites for hydroxylation is 1. The second-order valence-electron chi connectivity index (χ2n) is 5.41. The van der Waals surface area contributed by atoms with E-state index in [1.807, 2.05) is 6.92 Å². The third kappa shape index (κ3) is 2.93. The van der Waals surface area contributed by atoms with E-state index in [1.165, 1.54) is 11.8 Å². The van der Waals surface area contributed by atoms with Crippen molar-refractivity contribution in [3.05, 3.63) is 47.3 Å². The van der Waals surface area contributed by atoms with Crippen LogP contribution in [0.25, 0.3) is 0 Å². The van der Waals surface area contributed by atoms with E-state index in [0.717, 1.165) is 37.7 Å². The lowest BCUT2D eigenvalue weighted by Crippen LogP contribution is -2.36. The van der Waals surface area contributed by atoms with Crippen molar-refractivity contribution in [3.8, 4) is 5.75 Å². The van der Waals surface area contributed by atoms with E-state index >= 15 is 0 Å². The fourth-order valence-corrected chi connectivity index (χ4v) is 2.70. The number of hydrogen-bond acceptors (Lipinski definition) is 3. The number of nitrogens with zero attached hydrogens (tertiary/aromatic N) is 3. The van der Waals surface area contributed by atoms with Crippen molar-refractivity contribution in [2.24, 2.45) is 0 Å². The average molecular weight is 289 g/mol. The fraction of sp³-hybridized carbons (Fsp3) is 0.438. The molecule has 0 bridgehead atoms. The van der Waals surface area contributed by atoms with Gasteiger partial charge < -0.3 is 9.30 Å². The van der Waals surface area contributed by atoms with Gasteiger partial charge in [-0.3, -0.25) is 4.90 Å². The van der Waals surface area contributed by atoms with Crippen LogP contribution in [0.15, 0.2) is 24.3 Å². The Morgan fingerprint density at radius 1 is 1.24 bits per heavy atom. The molecular formula is C16H20FN3O. The van der Waals surface area contributed by atoms with Gasteiger partial charge in [-0.2, -0.15) is 0 Å². The van der Waals surface area contributed by atoms with Gasteiger partial charge in [-0.25, -0.2) is 9.37 Å². The second kappa shape index (κ2) is 5.85. The number of hydrogen-bond donors (Lipinski definition) is 0. The Morgan fingerprint density at radius 3 is 2.86 bits per heavy atom. The molecule has 5 heteroatoms. The molecule has 2 aromatic rings. The minimum atomic E-state index is -0.307. The van der Waals surface area contributed by atoms with E-state index < -0.39 is 0 Å². The lowest BCUT2D eigenvalue weighted by molar-refractivity contribution is 0.171. The monoisotopic (exact) mass is 289 g/mol. The maximum atomic E-state index is 13.4. The van der Waals surface area contributed by atoms with Gasteiger partial charge in [0.25, 0.3) is 0 Å². The number of ether oxygens (including phenoxy) is 1. The summed E-state index contributed by atoms with van der Waals surface area (Å²) in [4.78, 5) is 6.90. The topological polar surface area (TPSA) is 30.3 Å². The normalized spacial score (nSPS) is 15.0. The molecule has 0 saturated heterocycles. The molecule has 4 nitrogen and oxygen atoms in total. The van der Waals surface area contributed by atoms with E-state index in [9.17, 15) is 4.39 Å². The molecule has 0 spiro atoms. The van der Waals surface area contributed by atoms with Crippen molar-refractivity contribution in [2.45, 2.75) is 26.9 Å². The van der Waals surface area contributed by atoms with Crippen LogP contribution in [0.4, 0.5) is 4.39 Å². The largest absolute Gasteiger partial charge is 0.489 e. The molecule has 112 valence electrons. The van der Waals surface area contributed by atoms with Gasteiger partial charge in [-0.15, -0.1) is 0 Å². The van der Waals surface area contributed by atoms with Gasteiger partial charge in [-0.1, -0.05) is 12.1 Å². The highest BCUT2D eigenvalue weighted by atomic mass is 19.1. The first-order valence-electron chi connectivity index (χ1n) is 7.27. The Hall–Kier alpha value is -1.88. The SMILES string of the molecule is Cc1nc2n(c1C)CCN(CCOc1ccccc1F)C2. The molecule has 2 heterocycles. The number of aromatic nitrogens is 2. The first-order chi connectivity index (χ1) is 10.1. The van der Waals surface area contributed by atoms with Crippen LogP contribution < -0.4 is 4.74 Å². The van der Waals surface area contributed by atoms with Gasteiger partial charge in [0.15, 0.2) is 11.6 Å². The average Bonchev–Trinajstić information content (AvgIpc) is 2.76. The van der Waals surface area contributed by atoms with Crippen molar-refractivity contribution in [1.29, 1.82) is 0 Å². The smallest absolute Gasteiger partial charge is 0.165 e. The highest BCUT2D eigenvalue weighted by Gasteiger charge is 2.20. The molecule has 0 N–H and O–H groups in total. The van der Waals surface area contributed by atoms with Crippen LogP contribution in [0.1, 0.15) is 17.2 Å². The third-order valence-corrected chi connectivity index (χ3v) is 4.04. The van der Waals surface area contributed by atoms with Gasteiger partial charge in [0.2, 0.25) is 0 Å². The Labute approximate surface area is 124 Å². The Balaban J connectivity index is 1.55. The summed E-state index contributed by atoms with van der Waals surface area (Å²) >= 11 is 0. The van der Waals surface area contributed by atoms with E-state index in [2.05, 4.69) is 21.4 Å². The highest BCUT2D eigenvalue weighted by molar-refractivity contribution is 5.23. The fourth-order valence-electron chi connectivity index (χ4n) is 2.70. The second-order valence-corrected chi connectivity index (χ2v) is 5.41. The molecule has 0 saturated carbocycles. The minimum Gasteiger partial charge on any atom is -0.489 e. The molecule has 1 aromatic heterocycles. The van der Waals surface area contributed by atoms with Gasteiger partial charge >= 0.3 is 0 Å². The van der Waals surface area contributed by atoms with Crippen molar-refractivity contribution < 1.29 is 9.13 Å². The third-order valence-electron chi connectivity index (χ3n) is 4.04. The predicted molar refractivity (Wildman–Crippen MR) is 78.9 cm³/mol. The molecule has 1 aromatic carbocycles. The quantitative estimate of drug-likeness (QED) is 0.866. The molecule has 0 amide bonds. The molecule has 0 unspecified atom stereocenters. The van der Waals surface area contributed by atoms with Gasteiger partial charge in [0.05, 0.1) is 12.2 Å². The molecule has 21 heavy (non-hydrogen) atoms. The highest BCUT2D eigenvalue weighted by Crippen LogP contribution is 2.18. The molecule has 1 aliphatic rings. The molecule has 1 aliphatic heterocycles. The molecule has 3 rings (SSSR count). The molecule has 0 aliphatic carbocycles. The van der Waals surface area contributed by atoms with Crippen LogP contribution >= 0.6 is 0 Å². The molecule has 0 atom stereocenters. The van der Waals surface area contributed by atoms with Crippen LogP contribution in [-0.2, 0) is 13.1 Å². The summed E-state index contributed by atoms with van der Waals surface area (Å²) in [6, 6.07) is 6.52. The van der Waals surface area contributed by atoms with Crippen LogP contribution in [0, 0.1) is 19.7 Å². The first-order valence-corrected chi connectivity index (χ1v) is 7.27. The molecule has 0 radical (unpaired) electrons. The number of benzene rings is 1. The van der Waals surface area contributed by atoms with Crippen LogP contribution in [0.3, 0.4) is 0 Å². The summed E-state index contributed by atoms with van der Waals surface area (Å²) in [5.74, 6) is 1.13. The van der Waals surface area contributed by atoms with Crippen molar-refractivity contribution in [3.63, 3.8) is 0 Å². The number of rotatable bonds is 4. The zero-order valence-corrected chi connectivity index (χ0v) is 12.5. The Morgan fingerprint density at radius 2 is 2.05 bits per heavy atom. The van der Waals surface area contributed by atoms with Gasteiger partial charge in [-0.05, 0) is 26.0 Å². The van der Waals surface area contributed by atoms with Gasteiger partial charge in [0.1, 0.15) is 12.4 Å².